The Labute approximate surface area is 143 Å². The fourth-order valence-electron chi connectivity index (χ4n) is 2.43. The van der Waals surface area contributed by atoms with E-state index >= 15 is 0 Å². The zero-order valence-electron chi connectivity index (χ0n) is 13.5. The summed E-state index contributed by atoms with van der Waals surface area (Å²) in [5.41, 5.74) is 3.45. The van der Waals surface area contributed by atoms with E-state index in [0.717, 1.165) is 22.7 Å². The third kappa shape index (κ3) is 5.09. The first-order valence-corrected chi connectivity index (χ1v) is 8.42. The van der Waals surface area contributed by atoms with E-state index in [2.05, 4.69) is 53.4 Å². The predicted molar refractivity (Wildman–Crippen MR) is 93.2 cm³/mol. The maximum atomic E-state index is 8.78. The van der Waals surface area contributed by atoms with E-state index in [1.54, 1.807) is 6.20 Å². The highest BCUT2D eigenvalue weighted by Crippen LogP contribution is 2.16. The van der Waals surface area contributed by atoms with Crippen LogP contribution < -0.4 is 15.7 Å². The highest BCUT2D eigenvalue weighted by atomic mass is 32.2. The van der Waals surface area contributed by atoms with Crippen molar-refractivity contribution in [1.29, 1.82) is 0 Å². The Morgan fingerprint density at radius 3 is 2.62 bits per heavy atom. The summed E-state index contributed by atoms with van der Waals surface area (Å²) >= 11 is -2.36. The van der Waals surface area contributed by atoms with Crippen molar-refractivity contribution in [3.8, 4) is 0 Å². The predicted octanol–water partition coefficient (Wildman–Crippen LogP) is 0.598. The van der Waals surface area contributed by atoms with E-state index < -0.39 is 11.3 Å². The quantitative estimate of drug-likeness (QED) is 0.808. The van der Waals surface area contributed by atoms with Crippen molar-refractivity contribution in [2.75, 3.05) is 7.05 Å². The number of benzene rings is 1. The first kappa shape index (κ1) is 18.0. The Bertz CT molecular complexity index is 862. The van der Waals surface area contributed by atoms with Crippen LogP contribution in [0.1, 0.15) is 12.5 Å². The van der Waals surface area contributed by atoms with Gasteiger partial charge in [-0.2, -0.15) is 0 Å². The Balaban J connectivity index is 0.000000471. The van der Waals surface area contributed by atoms with Crippen molar-refractivity contribution in [1.82, 2.24) is 9.88 Å². The molecule has 24 heavy (non-hydrogen) atoms. The lowest BCUT2D eigenvalue weighted by molar-refractivity contribution is 0.539. The molecule has 0 spiro atoms. The van der Waals surface area contributed by atoms with Crippen LogP contribution in [-0.2, 0) is 17.7 Å². The zero-order chi connectivity index (χ0) is 17.5. The number of para-hydroxylation sites is 1. The van der Waals surface area contributed by atoms with Crippen molar-refractivity contribution in [2.45, 2.75) is 13.3 Å². The van der Waals surface area contributed by atoms with Crippen LogP contribution >= 0.6 is 0 Å². The van der Waals surface area contributed by atoms with Crippen LogP contribution in [0.25, 0.3) is 6.20 Å². The Hall–Kier alpha value is -2.35. The Morgan fingerprint density at radius 2 is 1.96 bits per heavy atom. The molecule has 0 bridgehead atoms. The monoisotopic (exact) mass is 343 g/mol. The van der Waals surface area contributed by atoms with Crippen LogP contribution in [0.3, 0.4) is 0 Å². The Kier molecular flexibility index (Phi) is 6.36. The molecule has 1 aromatic heterocycles. The summed E-state index contributed by atoms with van der Waals surface area (Å²) in [6, 6.07) is 12.3. The van der Waals surface area contributed by atoms with E-state index in [4.69, 9.17) is 13.8 Å². The van der Waals surface area contributed by atoms with Gasteiger partial charge < -0.3 is 9.45 Å². The van der Waals surface area contributed by atoms with E-state index in [0.29, 0.717) is 0 Å². The van der Waals surface area contributed by atoms with Gasteiger partial charge in [-0.3, -0.25) is 19.3 Å². The average Bonchev–Trinajstić information content (AvgIpc) is 2.65. The number of likely N-dealkylation sites (N-methyl/N-ethyl adjacent to an activating group) is 1. The van der Waals surface area contributed by atoms with Crippen molar-refractivity contribution >= 4 is 17.5 Å². The van der Waals surface area contributed by atoms with E-state index in [1.807, 2.05) is 24.4 Å². The fraction of sp³-hybridized carbons (Fsp3) is 0.176. The summed E-state index contributed by atoms with van der Waals surface area (Å²) in [7, 11) is 2.08. The third-order valence-electron chi connectivity index (χ3n) is 3.50. The van der Waals surface area contributed by atoms with Gasteiger partial charge in [0.05, 0.1) is 11.1 Å². The van der Waals surface area contributed by atoms with Crippen molar-refractivity contribution in [3.63, 3.8) is 0 Å². The number of nitrogens with zero attached hydrogens (tertiary/aromatic N) is 3. The second kappa shape index (κ2) is 8.49. The molecule has 1 atom stereocenters. The lowest BCUT2D eigenvalue weighted by atomic mass is 10.1. The van der Waals surface area contributed by atoms with Gasteiger partial charge in [-0.25, -0.2) is 0 Å². The van der Waals surface area contributed by atoms with Gasteiger partial charge in [0.1, 0.15) is 0 Å². The summed E-state index contributed by atoms with van der Waals surface area (Å²) in [6.45, 7) is 2.07. The van der Waals surface area contributed by atoms with Crippen LogP contribution in [0.5, 0.6) is 0 Å². The molecule has 0 radical (unpaired) electrons. The standard InChI is InChI=1S/C17H17N3.H3NO2S/c1-13-17(10-14-6-5-9-18-11-14)20(2)12-15-7-3-4-8-16(15)19-13;1-4(2)3/h3-9,11-12H,10H2,1-2H3;1H2,(H,2,3)/p-1. The summed E-state index contributed by atoms with van der Waals surface area (Å²) < 4.78 is 17.6. The SMILES string of the molecule is CC1=C(Cc2cccnc2)N(C)C=c2ccccc2=N1.NS(=O)[O-]. The topological polar surface area (TPSA) is 94.6 Å². The van der Waals surface area contributed by atoms with Gasteiger partial charge in [-0.1, -0.05) is 24.3 Å². The molecule has 126 valence electrons. The smallest absolute Gasteiger partial charge is 0.0720 e. The molecule has 1 aliphatic rings. The van der Waals surface area contributed by atoms with E-state index in [1.165, 1.54) is 11.3 Å². The second-order valence-electron chi connectivity index (χ2n) is 5.24. The van der Waals surface area contributed by atoms with Crippen LogP contribution in [0, 0.1) is 0 Å². The minimum absolute atomic E-state index is 0.837. The van der Waals surface area contributed by atoms with Gasteiger partial charge in [0.25, 0.3) is 0 Å². The molecular weight excluding hydrogens is 324 g/mol. The number of hydrogen-bond donors (Lipinski definition) is 1. The summed E-state index contributed by atoms with van der Waals surface area (Å²) in [5, 5.41) is 6.20. The van der Waals surface area contributed by atoms with Crippen LogP contribution in [-0.4, -0.2) is 25.7 Å². The number of rotatable bonds is 2. The molecule has 1 unspecified atom stereocenters. The second-order valence-corrected chi connectivity index (χ2v) is 5.76. The van der Waals surface area contributed by atoms with Gasteiger partial charge >= 0.3 is 0 Å². The number of hydrogen-bond acceptors (Lipinski definition) is 5. The molecule has 6 nitrogen and oxygen atoms in total. The van der Waals surface area contributed by atoms with Crippen molar-refractivity contribution in [3.05, 3.63) is 76.3 Å². The molecule has 0 saturated heterocycles. The first-order chi connectivity index (χ1) is 11.5. The largest absolute Gasteiger partial charge is 0.760 e. The van der Waals surface area contributed by atoms with Crippen molar-refractivity contribution in [2.24, 2.45) is 10.1 Å². The minimum Gasteiger partial charge on any atom is -0.760 e. The maximum Gasteiger partial charge on any atom is 0.0720 e. The van der Waals surface area contributed by atoms with E-state index in [9.17, 15) is 0 Å². The van der Waals surface area contributed by atoms with Crippen LogP contribution in [0.15, 0.2) is 65.2 Å². The zero-order valence-corrected chi connectivity index (χ0v) is 14.4. The van der Waals surface area contributed by atoms with Gasteiger partial charge in [0.2, 0.25) is 0 Å². The number of allylic oxidation sites excluding steroid dienone is 2. The molecule has 2 heterocycles. The normalized spacial score (nSPS) is 14.4. The lowest BCUT2D eigenvalue weighted by Crippen LogP contribution is -2.25. The summed E-state index contributed by atoms with van der Waals surface area (Å²) in [6.07, 6.45) is 6.69. The lowest BCUT2D eigenvalue weighted by Gasteiger charge is -2.19. The number of pyridine rings is 1. The highest BCUT2D eigenvalue weighted by Gasteiger charge is 2.10. The third-order valence-corrected chi connectivity index (χ3v) is 3.50. The molecule has 2 aromatic rings. The van der Waals surface area contributed by atoms with Crippen LogP contribution in [0.4, 0.5) is 0 Å². The number of nitrogens with two attached hydrogens (primary N) is 1. The molecule has 0 aliphatic carbocycles. The Morgan fingerprint density at radius 1 is 1.25 bits per heavy atom. The first-order valence-electron chi connectivity index (χ1n) is 7.28. The number of aromatic nitrogens is 1. The molecule has 1 aromatic carbocycles. The summed E-state index contributed by atoms with van der Waals surface area (Å²) in [4.78, 5) is 11.1. The average molecular weight is 343 g/mol. The molecule has 0 amide bonds. The molecule has 1 aliphatic heterocycles. The molecule has 7 heteroatoms. The fourth-order valence-corrected chi connectivity index (χ4v) is 2.43. The maximum absolute atomic E-state index is 8.78. The molecular formula is C17H19N4O2S-. The van der Waals surface area contributed by atoms with Gasteiger partial charge in [-0.15, -0.1) is 0 Å². The van der Waals surface area contributed by atoms with Gasteiger partial charge in [0.15, 0.2) is 0 Å². The number of fused-ring (bicyclic) bond motifs is 1. The van der Waals surface area contributed by atoms with Crippen molar-refractivity contribution < 1.29 is 8.76 Å². The van der Waals surface area contributed by atoms with E-state index in [-0.39, 0.29) is 0 Å². The molecule has 2 N–H and O–H groups in total. The molecule has 0 saturated carbocycles. The minimum atomic E-state index is -2.36. The highest BCUT2D eigenvalue weighted by molar-refractivity contribution is 7.76. The molecule has 3 rings (SSSR count). The molecule has 0 fully saturated rings. The summed E-state index contributed by atoms with van der Waals surface area (Å²) in [5.74, 6) is 0. The van der Waals surface area contributed by atoms with Crippen LogP contribution in [0.2, 0.25) is 0 Å². The van der Waals surface area contributed by atoms with Gasteiger partial charge in [-0.05, 0) is 24.6 Å². The van der Waals surface area contributed by atoms with Gasteiger partial charge in [0, 0.05) is 54.2 Å².